The summed E-state index contributed by atoms with van der Waals surface area (Å²) in [4.78, 5) is 10.3. The number of hydrogen-bond acceptors (Lipinski definition) is 2. The fourth-order valence-corrected chi connectivity index (χ4v) is 1.44. The molecule has 0 radical (unpaired) electrons. The molecule has 1 aliphatic carbocycles. The highest BCUT2D eigenvalue weighted by molar-refractivity contribution is 5.72. The van der Waals surface area contributed by atoms with E-state index in [1.54, 1.807) is 0 Å². The molecule has 0 aliphatic heterocycles. The van der Waals surface area contributed by atoms with Gasteiger partial charge in [-0.2, -0.15) is 8.78 Å². The molecular formula is C8H12F2O2. The number of halogens is 2. The number of carbonyl (C=O) groups excluding carboxylic acids is 1. The molecule has 12 heavy (non-hydrogen) atoms. The second-order valence-corrected chi connectivity index (χ2v) is 3.08. The van der Waals surface area contributed by atoms with Crippen molar-refractivity contribution in [2.24, 2.45) is 5.92 Å². The van der Waals surface area contributed by atoms with Gasteiger partial charge in [-0.3, -0.25) is 0 Å². The molecule has 0 heterocycles. The highest BCUT2D eigenvalue weighted by atomic mass is 19.3. The lowest BCUT2D eigenvalue weighted by atomic mass is 10.1. The Hall–Kier alpha value is -0.670. The van der Waals surface area contributed by atoms with Crippen molar-refractivity contribution in [1.82, 2.24) is 0 Å². The van der Waals surface area contributed by atoms with E-state index in [2.05, 4.69) is 4.74 Å². The molecule has 0 atom stereocenters. The van der Waals surface area contributed by atoms with E-state index in [0.29, 0.717) is 5.92 Å². The summed E-state index contributed by atoms with van der Waals surface area (Å²) in [6, 6.07) is 0. The zero-order valence-corrected chi connectivity index (χ0v) is 6.76. The number of rotatable bonds is 3. The van der Waals surface area contributed by atoms with Gasteiger partial charge in [0.15, 0.2) is 0 Å². The molecule has 4 heteroatoms. The maximum Gasteiger partial charge on any atom is 0.373 e. The van der Waals surface area contributed by atoms with Crippen LogP contribution in [0.5, 0.6) is 0 Å². The van der Waals surface area contributed by atoms with E-state index in [9.17, 15) is 13.6 Å². The molecule has 0 unspecified atom stereocenters. The molecule has 70 valence electrons. The first-order valence-corrected chi connectivity index (χ1v) is 4.15. The Bertz CT molecular complexity index is 153. The van der Waals surface area contributed by atoms with Gasteiger partial charge in [-0.25, -0.2) is 4.79 Å². The Morgan fingerprint density at radius 1 is 1.42 bits per heavy atom. The van der Waals surface area contributed by atoms with Crippen LogP contribution >= 0.6 is 0 Å². The Labute approximate surface area is 69.9 Å². The highest BCUT2D eigenvalue weighted by Gasteiger charge is 2.21. The average molecular weight is 178 g/mol. The van der Waals surface area contributed by atoms with Crippen molar-refractivity contribution in [1.29, 1.82) is 0 Å². The van der Waals surface area contributed by atoms with Gasteiger partial charge in [-0.05, 0) is 18.8 Å². The van der Waals surface area contributed by atoms with Gasteiger partial charge in [0.1, 0.15) is 0 Å². The van der Waals surface area contributed by atoms with Crippen LogP contribution in [0.15, 0.2) is 0 Å². The van der Waals surface area contributed by atoms with Crippen molar-refractivity contribution < 1.29 is 18.3 Å². The lowest BCUT2D eigenvalue weighted by Crippen LogP contribution is -2.18. The topological polar surface area (TPSA) is 26.3 Å². The summed E-state index contributed by atoms with van der Waals surface area (Å²) >= 11 is 0. The molecule has 0 aromatic carbocycles. The van der Waals surface area contributed by atoms with Crippen molar-refractivity contribution in [3.63, 3.8) is 0 Å². The third kappa shape index (κ3) is 2.75. The summed E-state index contributed by atoms with van der Waals surface area (Å²) in [5.41, 5.74) is 0. The van der Waals surface area contributed by atoms with Crippen molar-refractivity contribution in [2.75, 3.05) is 6.61 Å². The lowest BCUT2D eigenvalue weighted by molar-refractivity contribution is -0.157. The van der Waals surface area contributed by atoms with Crippen molar-refractivity contribution in [2.45, 2.75) is 32.1 Å². The van der Waals surface area contributed by atoms with Crippen LogP contribution in [0.25, 0.3) is 0 Å². The van der Waals surface area contributed by atoms with Crippen LogP contribution in [0.1, 0.15) is 25.7 Å². The highest BCUT2D eigenvalue weighted by Crippen LogP contribution is 2.24. The Balaban J connectivity index is 2.12. The molecule has 0 saturated heterocycles. The van der Waals surface area contributed by atoms with E-state index in [1.807, 2.05) is 0 Å². The summed E-state index contributed by atoms with van der Waals surface area (Å²) in [6.45, 7) is 0.170. The van der Waals surface area contributed by atoms with Crippen molar-refractivity contribution >= 4 is 5.97 Å². The SMILES string of the molecule is O=C(OCC1CCCC1)C(F)F. The molecule has 0 N–H and O–H groups in total. The Kier molecular flexibility index (Phi) is 3.44. The maximum absolute atomic E-state index is 11.6. The quantitative estimate of drug-likeness (QED) is 0.618. The monoisotopic (exact) mass is 178 g/mol. The van der Waals surface area contributed by atoms with Crippen LogP contribution in [-0.4, -0.2) is 19.0 Å². The minimum Gasteiger partial charge on any atom is -0.461 e. The standard InChI is InChI=1S/C8H12F2O2/c9-7(10)8(11)12-5-6-3-1-2-4-6/h6-7H,1-5H2. The largest absolute Gasteiger partial charge is 0.461 e. The zero-order chi connectivity index (χ0) is 8.97. The van der Waals surface area contributed by atoms with E-state index >= 15 is 0 Å². The summed E-state index contributed by atoms with van der Waals surface area (Å²) in [5, 5.41) is 0. The molecule has 1 saturated carbocycles. The molecular weight excluding hydrogens is 166 g/mol. The molecule has 1 fully saturated rings. The minimum absolute atomic E-state index is 0.170. The molecule has 0 amide bonds. The fraction of sp³-hybridized carbons (Fsp3) is 0.875. The van der Waals surface area contributed by atoms with Crippen LogP contribution in [-0.2, 0) is 9.53 Å². The van der Waals surface area contributed by atoms with Gasteiger partial charge >= 0.3 is 12.4 Å². The van der Waals surface area contributed by atoms with E-state index in [1.165, 1.54) is 0 Å². The van der Waals surface area contributed by atoms with Crippen LogP contribution in [0.3, 0.4) is 0 Å². The van der Waals surface area contributed by atoms with Gasteiger partial charge in [-0.15, -0.1) is 0 Å². The van der Waals surface area contributed by atoms with E-state index in [-0.39, 0.29) is 6.61 Å². The predicted molar refractivity (Wildman–Crippen MR) is 38.9 cm³/mol. The molecule has 0 aromatic rings. The number of alkyl halides is 2. The fourth-order valence-electron chi connectivity index (χ4n) is 1.44. The molecule has 0 bridgehead atoms. The molecule has 2 nitrogen and oxygen atoms in total. The molecule has 1 rings (SSSR count). The third-order valence-corrected chi connectivity index (χ3v) is 2.11. The number of ether oxygens (including phenoxy) is 1. The maximum atomic E-state index is 11.6. The average Bonchev–Trinajstić information content (AvgIpc) is 2.51. The molecule has 1 aliphatic rings. The third-order valence-electron chi connectivity index (χ3n) is 2.11. The lowest BCUT2D eigenvalue weighted by Gasteiger charge is -2.08. The number of hydrogen-bond donors (Lipinski definition) is 0. The van der Waals surface area contributed by atoms with Gasteiger partial charge in [0, 0.05) is 0 Å². The Morgan fingerprint density at radius 2 is 2.00 bits per heavy atom. The predicted octanol–water partition coefficient (Wildman–Crippen LogP) is 1.98. The second-order valence-electron chi connectivity index (χ2n) is 3.08. The first kappa shape index (κ1) is 9.42. The molecule has 0 spiro atoms. The first-order chi connectivity index (χ1) is 5.70. The Morgan fingerprint density at radius 3 is 2.50 bits per heavy atom. The van der Waals surface area contributed by atoms with E-state index in [4.69, 9.17) is 0 Å². The second kappa shape index (κ2) is 4.38. The van der Waals surface area contributed by atoms with E-state index < -0.39 is 12.4 Å². The van der Waals surface area contributed by atoms with Crippen molar-refractivity contribution in [3.8, 4) is 0 Å². The van der Waals surface area contributed by atoms with Gasteiger partial charge in [0.2, 0.25) is 0 Å². The van der Waals surface area contributed by atoms with Gasteiger partial charge < -0.3 is 4.74 Å². The van der Waals surface area contributed by atoms with Crippen molar-refractivity contribution in [3.05, 3.63) is 0 Å². The zero-order valence-electron chi connectivity index (χ0n) is 6.76. The minimum atomic E-state index is -2.98. The van der Waals surface area contributed by atoms with Gasteiger partial charge in [-0.1, -0.05) is 12.8 Å². The number of carbonyl (C=O) groups is 1. The van der Waals surface area contributed by atoms with Crippen LogP contribution < -0.4 is 0 Å². The summed E-state index contributed by atoms with van der Waals surface area (Å²) in [5.74, 6) is -1.07. The molecule has 0 aromatic heterocycles. The van der Waals surface area contributed by atoms with Crippen LogP contribution in [0.2, 0.25) is 0 Å². The summed E-state index contributed by atoms with van der Waals surface area (Å²) in [6.07, 6.45) is 1.26. The van der Waals surface area contributed by atoms with Crippen LogP contribution in [0, 0.1) is 5.92 Å². The smallest absolute Gasteiger partial charge is 0.373 e. The van der Waals surface area contributed by atoms with Gasteiger partial charge in [0.05, 0.1) is 6.61 Å². The summed E-state index contributed by atoms with van der Waals surface area (Å²) in [7, 11) is 0. The number of esters is 1. The van der Waals surface area contributed by atoms with Gasteiger partial charge in [0.25, 0.3) is 0 Å². The van der Waals surface area contributed by atoms with Crippen LogP contribution in [0.4, 0.5) is 8.78 Å². The first-order valence-electron chi connectivity index (χ1n) is 4.15. The normalized spacial score (nSPS) is 18.6. The summed E-state index contributed by atoms with van der Waals surface area (Å²) < 4.78 is 27.7. The van der Waals surface area contributed by atoms with E-state index in [0.717, 1.165) is 25.7 Å².